The van der Waals surface area contributed by atoms with Gasteiger partial charge >= 0.3 is 0 Å². The second kappa shape index (κ2) is 5.96. The second-order valence-electron chi connectivity index (χ2n) is 4.62. The predicted molar refractivity (Wildman–Crippen MR) is 70.7 cm³/mol. The summed E-state index contributed by atoms with van der Waals surface area (Å²) < 4.78 is 13.5. The summed E-state index contributed by atoms with van der Waals surface area (Å²) >= 11 is 0. The predicted octanol–water partition coefficient (Wildman–Crippen LogP) is 2.17. The number of carbonyl (C=O) groups excluding carboxylic acids is 1. The highest BCUT2D eigenvalue weighted by Gasteiger charge is 2.19. The maximum Gasteiger partial charge on any atom is 0.155 e. The van der Waals surface area contributed by atoms with Crippen LogP contribution in [0.2, 0.25) is 0 Å². The Balaban J connectivity index is 2.10. The molecule has 98 valence electrons. The summed E-state index contributed by atoms with van der Waals surface area (Å²) in [5.41, 5.74) is 0.905. The van der Waals surface area contributed by atoms with E-state index >= 15 is 0 Å². The minimum absolute atomic E-state index is 0.182. The molecule has 3 nitrogen and oxygen atoms in total. The molecular weight excluding hydrogens is 231 g/mol. The Morgan fingerprint density at radius 1 is 1.28 bits per heavy atom. The van der Waals surface area contributed by atoms with E-state index in [1.165, 1.54) is 6.07 Å². The van der Waals surface area contributed by atoms with Gasteiger partial charge in [-0.15, -0.1) is 0 Å². The molecule has 0 amide bonds. The summed E-state index contributed by atoms with van der Waals surface area (Å²) in [6.45, 7) is 6.93. The van der Waals surface area contributed by atoms with Crippen molar-refractivity contribution >= 4 is 12.0 Å². The van der Waals surface area contributed by atoms with Crippen molar-refractivity contribution < 1.29 is 9.18 Å². The molecule has 0 aliphatic carbocycles. The fraction of sp³-hybridized carbons (Fsp3) is 0.500. The van der Waals surface area contributed by atoms with Gasteiger partial charge in [-0.2, -0.15) is 0 Å². The maximum absolute atomic E-state index is 13.5. The largest absolute Gasteiger partial charge is 0.368 e. The molecule has 1 aliphatic heterocycles. The number of nitrogens with zero attached hydrogens (tertiary/aromatic N) is 2. The van der Waals surface area contributed by atoms with E-state index in [4.69, 9.17) is 0 Å². The third-order valence-corrected chi connectivity index (χ3v) is 3.40. The third kappa shape index (κ3) is 2.70. The van der Waals surface area contributed by atoms with Crippen LogP contribution < -0.4 is 4.90 Å². The van der Waals surface area contributed by atoms with Crippen LogP contribution in [0.5, 0.6) is 0 Å². The van der Waals surface area contributed by atoms with Gasteiger partial charge in [0.1, 0.15) is 5.82 Å². The number of rotatable bonds is 4. The van der Waals surface area contributed by atoms with Gasteiger partial charge in [0.15, 0.2) is 6.29 Å². The minimum Gasteiger partial charge on any atom is -0.368 e. The number of anilines is 1. The average Bonchev–Trinajstić information content (AvgIpc) is 2.40. The van der Waals surface area contributed by atoms with Crippen LogP contribution in [0, 0.1) is 5.82 Å². The Kier molecular flexibility index (Phi) is 4.31. The van der Waals surface area contributed by atoms with Crippen LogP contribution in [-0.4, -0.2) is 43.9 Å². The molecular formula is C14H19FN2O. The van der Waals surface area contributed by atoms with Crippen molar-refractivity contribution in [2.24, 2.45) is 0 Å². The van der Waals surface area contributed by atoms with Crippen LogP contribution in [-0.2, 0) is 0 Å². The molecule has 1 aromatic rings. The number of carbonyl (C=O) groups is 1. The smallest absolute Gasteiger partial charge is 0.155 e. The van der Waals surface area contributed by atoms with Crippen LogP contribution in [0.15, 0.2) is 18.2 Å². The molecule has 0 atom stereocenters. The van der Waals surface area contributed by atoms with Crippen molar-refractivity contribution in [1.29, 1.82) is 0 Å². The lowest BCUT2D eigenvalue weighted by Crippen LogP contribution is -2.46. The number of hydrogen-bond acceptors (Lipinski definition) is 3. The summed E-state index contributed by atoms with van der Waals surface area (Å²) in [6, 6.07) is 4.82. The van der Waals surface area contributed by atoms with Crippen molar-refractivity contribution in [3.8, 4) is 0 Å². The lowest BCUT2D eigenvalue weighted by Gasteiger charge is -2.36. The van der Waals surface area contributed by atoms with Gasteiger partial charge in [0.05, 0.1) is 11.3 Å². The zero-order valence-corrected chi connectivity index (χ0v) is 10.7. The lowest BCUT2D eigenvalue weighted by atomic mass is 10.1. The molecule has 0 bridgehead atoms. The first-order valence-electron chi connectivity index (χ1n) is 6.47. The summed E-state index contributed by atoms with van der Waals surface area (Å²) in [5.74, 6) is -0.432. The molecule has 0 spiro atoms. The quantitative estimate of drug-likeness (QED) is 0.765. The van der Waals surface area contributed by atoms with E-state index in [2.05, 4.69) is 16.7 Å². The van der Waals surface area contributed by atoms with E-state index in [0.29, 0.717) is 6.29 Å². The number of halogens is 1. The normalized spacial score (nSPS) is 16.9. The zero-order valence-electron chi connectivity index (χ0n) is 10.7. The van der Waals surface area contributed by atoms with Crippen LogP contribution in [0.4, 0.5) is 10.1 Å². The Morgan fingerprint density at radius 2 is 2.00 bits per heavy atom. The van der Waals surface area contributed by atoms with Crippen molar-refractivity contribution in [3.05, 3.63) is 29.6 Å². The topological polar surface area (TPSA) is 23.6 Å². The molecule has 0 radical (unpaired) electrons. The standard InChI is InChI=1S/C14H19FN2O/c1-2-6-16-7-9-17(10-8-16)14-5-3-4-13(15)12(14)11-18/h3-5,11H,2,6-10H2,1H3. The fourth-order valence-corrected chi connectivity index (χ4v) is 2.45. The maximum atomic E-state index is 13.5. The summed E-state index contributed by atoms with van der Waals surface area (Å²) in [4.78, 5) is 15.5. The van der Waals surface area contributed by atoms with Gasteiger partial charge in [-0.1, -0.05) is 13.0 Å². The van der Waals surface area contributed by atoms with E-state index < -0.39 is 5.82 Å². The summed E-state index contributed by atoms with van der Waals surface area (Å²) in [7, 11) is 0. The molecule has 0 saturated carbocycles. The first-order valence-corrected chi connectivity index (χ1v) is 6.47. The first-order chi connectivity index (χ1) is 8.76. The molecule has 0 unspecified atom stereocenters. The number of hydrogen-bond donors (Lipinski definition) is 0. The van der Waals surface area contributed by atoms with E-state index in [1.54, 1.807) is 6.07 Å². The first kappa shape index (κ1) is 13.0. The average molecular weight is 250 g/mol. The van der Waals surface area contributed by atoms with Gasteiger partial charge in [0.25, 0.3) is 0 Å². The molecule has 1 fully saturated rings. The molecule has 2 rings (SSSR count). The Bertz CT molecular complexity index is 414. The van der Waals surface area contributed by atoms with Crippen LogP contribution >= 0.6 is 0 Å². The van der Waals surface area contributed by atoms with Gasteiger partial charge in [-0.25, -0.2) is 4.39 Å². The van der Waals surface area contributed by atoms with Crippen molar-refractivity contribution in [3.63, 3.8) is 0 Å². The Labute approximate surface area is 107 Å². The fourth-order valence-electron chi connectivity index (χ4n) is 2.45. The highest BCUT2D eigenvalue weighted by Crippen LogP contribution is 2.22. The van der Waals surface area contributed by atoms with Crippen molar-refractivity contribution in [2.45, 2.75) is 13.3 Å². The highest BCUT2D eigenvalue weighted by molar-refractivity contribution is 5.85. The molecule has 1 aromatic carbocycles. The SMILES string of the molecule is CCCN1CCN(c2cccc(F)c2C=O)CC1. The number of piperazine rings is 1. The lowest BCUT2D eigenvalue weighted by molar-refractivity contribution is 0.112. The second-order valence-corrected chi connectivity index (χ2v) is 4.62. The Hall–Kier alpha value is -1.42. The van der Waals surface area contributed by atoms with E-state index in [-0.39, 0.29) is 5.56 Å². The van der Waals surface area contributed by atoms with Crippen LogP contribution in [0.3, 0.4) is 0 Å². The van der Waals surface area contributed by atoms with Gasteiger partial charge in [-0.3, -0.25) is 9.69 Å². The molecule has 18 heavy (non-hydrogen) atoms. The number of aldehydes is 1. The third-order valence-electron chi connectivity index (χ3n) is 3.40. The van der Waals surface area contributed by atoms with Crippen LogP contribution in [0.25, 0.3) is 0 Å². The molecule has 1 aliphatic rings. The molecule has 4 heteroatoms. The van der Waals surface area contributed by atoms with Crippen molar-refractivity contribution in [2.75, 3.05) is 37.6 Å². The minimum atomic E-state index is -0.432. The van der Waals surface area contributed by atoms with Gasteiger partial charge < -0.3 is 4.90 Å². The summed E-state index contributed by atoms with van der Waals surface area (Å²) in [5, 5.41) is 0. The zero-order chi connectivity index (χ0) is 13.0. The monoisotopic (exact) mass is 250 g/mol. The molecule has 1 heterocycles. The van der Waals surface area contributed by atoms with E-state index in [0.717, 1.165) is 44.8 Å². The molecule has 0 N–H and O–H groups in total. The summed E-state index contributed by atoms with van der Waals surface area (Å²) in [6.07, 6.45) is 1.77. The van der Waals surface area contributed by atoms with Gasteiger partial charge in [0, 0.05) is 26.2 Å². The van der Waals surface area contributed by atoms with Crippen LogP contribution in [0.1, 0.15) is 23.7 Å². The van der Waals surface area contributed by atoms with E-state index in [1.807, 2.05) is 6.07 Å². The van der Waals surface area contributed by atoms with Gasteiger partial charge in [0.2, 0.25) is 0 Å². The van der Waals surface area contributed by atoms with E-state index in [9.17, 15) is 9.18 Å². The molecule has 1 saturated heterocycles. The molecule has 0 aromatic heterocycles. The Morgan fingerprint density at radius 3 is 2.61 bits per heavy atom. The van der Waals surface area contributed by atoms with Gasteiger partial charge in [-0.05, 0) is 25.1 Å². The number of benzene rings is 1. The highest BCUT2D eigenvalue weighted by atomic mass is 19.1. The van der Waals surface area contributed by atoms with Crippen molar-refractivity contribution in [1.82, 2.24) is 4.90 Å².